The fraction of sp³-hybridized carbons (Fsp3) is 0.500. The molecule has 5 nitrogen and oxygen atoms in total. The first-order valence-electron chi connectivity index (χ1n) is 11.0. The monoisotopic (exact) mass is 430 g/mol. The van der Waals surface area contributed by atoms with Crippen molar-refractivity contribution in [2.45, 2.75) is 63.6 Å². The van der Waals surface area contributed by atoms with Gasteiger partial charge in [0.2, 0.25) is 0 Å². The van der Waals surface area contributed by atoms with Gasteiger partial charge in [-0.15, -0.1) is 0 Å². The molecule has 30 heavy (non-hydrogen) atoms. The predicted molar refractivity (Wildman–Crippen MR) is 126 cm³/mol. The predicted octanol–water partition coefficient (Wildman–Crippen LogP) is 4.89. The van der Waals surface area contributed by atoms with Crippen LogP contribution >= 0.6 is 11.6 Å². The Balaban J connectivity index is 0.000000310. The van der Waals surface area contributed by atoms with Crippen molar-refractivity contribution in [1.29, 1.82) is 0 Å². The lowest BCUT2D eigenvalue weighted by molar-refractivity contribution is 0.130. The van der Waals surface area contributed by atoms with E-state index in [4.69, 9.17) is 16.7 Å². The van der Waals surface area contributed by atoms with E-state index in [9.17, 15) is 0 Å². The number of aliphatic hydroxyl groups is 1. The highest BCUT2D eigenvalue weighted by atomic mass is 35.5. The second-order valence-corrected chi connectivity index (χ2v) is 8.75. The molecule has 2 fully saturated rings. The maximum absolute atomic E-state index is 8.91. The molecule has 1 aliphatic carbocycles. The SMILES string of the molecule is C=CN1CCCC(NC(=C)NCc2cc3cc(Cl)ccc3[nH]2)C1.OC1CCCCC1. The van der Waals surface area contributed by atoms with Gasteiger partial charge in [0.25, 0.3) is 0 Å². The summed E-state index contributed by atoms with van der Waals surface area (Å²) in [5.41, 5.74) is 2.21. The van der Waals surface area contributed by atoms with Gasteiger partial charge in [0, 0.05) is 40.8 Å². The summed E-state index contributed by atoms with van der Waals surface area (Å²) in [5, 5.41) is 17.6. The minimum atomic E-state index is 0.0359. The summed E-state index contributed by atoms with van der Waals surface area (Å²) in [6, 6.07) is 8.40. The Labute approximate surface area is 185 Å². The molecule has 2 aliphatic rings. The Morgan fingerprint density at radius 2 is 2.00 bits per heavy atom. The number of aromatic amines is 1. The summed E-state index contributed by atoms with van der Waals surface area (Å²) in [7, 11) is 0. The van der Waals surface area contributed by atoms with E-state index >= 15 is 0 Å². The fourth-order valence-corrected chi connectivity index (χ4v) is 4.31. The molecule has 0 bridgehead atoms. The van der Waals surface area contributed by atoms with E-state index in [0.29, 0.717) is 12.6 Å². The van der Waals surface area contributed by atoms with Crippen molar-refractivity contribution in [2.75, 3.05) is 13.1 Å². The molecule has 1 atom stereocenters. The minimum Gasteiger partial charge on any atom is -0.393 e. The molecule has 1 saturated carbocycles. The van der Waals surface area contributed by atoms with E-state index < -0.39 is 0 Å². The lowest BCUT2D eigenvalue weighted by atomic mass is 9.98. The van der Waals surface area contributed by atoms with Crippen molar-refractivity contribution in [2.24, 2.45) is 0 Å². The Kier molecular flexibility index (Phi) is 8.52. The summed E-state index contributed by atoms with van der Waals surface area (Å²) < 4.78 is 0. The number of piperidine rings is 1. The highest BCUT2D eigenvalue weighted by molar-refractivity contribution is 6.31. The third-order valence-electron chi connectivity index (χ3n) is 5.79. The van der Waals surface area contributed by atoms with Crippen molar-refractivity contribution in [3.8, 4) is 0 Å². The van der Waals surface area contributed by atoms with Gasteiger partial charge in [0.15, 0.2) is 0 Å². The van der Waals surface area contributed by atoms with Crippen molar-refractivity contribution < 1.29 is 5.11 Å². The van der Waals surface area contributed by atoms with Gasteiger partial charge in [-0.05, 0) is 56.1 Å². The number of aliphatic hydroxyl groups excluding tert-OH is 1. The summed E-state index contributed by atoms with van der Waals surface area (Å²) in [5.74, 6) is 0.859. The van der Waals surface area contributed by atoms with E-state index in [2.05, 4.69) is 39.7 Å². The largest absolute Gasteiger partial charge is 0.393 e. The van der Waals surface area contributed by atoms with Crippen LogP contribution in [0, 0.1) is 0 Å². The van der Waals surface area contributed by atoms with Crippen LogP contribution in [0.5, 0.6) is 0 Å². The number of hydrogen-bond acceptors (Lipinski definition) is 4. The summed E-state index contributed by atoms with van der Waals surface area (Å²) >= 11 is 6.02. The molecule has 1 aliphatic heterocycles. The zero-order chi connectivity index (χ0) is 21.3. The number of aromatic nitrogens is 1. The lowest BCUT2D eigenvalue weighted by Crippen LogP contribution is -2.44. The summed E-state index contributed by atoms with van der Waals surface area (Å²) in [4.78, 5) is 5.63. The number of fused-ring (bicyclic) bond motifs is 1. The molecule has 2 aromatic rings. The molecule has 0 amide bonds. The molecule has 6 heteroatoms. The molecular weight excluding hydrogens is 396 g/mol. The summed E-state index contributed by atoms with van der Waals surface area (Å²) in [6.07, 6.45) is 10.2. The molecular formula is C24H35ClN4O. The van der Waals surface area contributed by atoms with Crippen LogP contribution in [0.3, 0.4) is 0 Å². The van der Waals surface area contributed by atoms with Gasteiger partial charge in [-0.2, -0.15) is 0 Å². The minimum absolute atomic E-state index is 0.0359. The number of likely N-dealkylation sites (tertiary alicyclic amines) is 1. The van der Waals surface area contributed by atoms with Gasteiger partial charge in [-0.3, -0.25) is 0 Å². The van der Waals surface area contributed by atoms with Crippen LogP contribution in [0.25, 0.3) is 10.9 Å². The highest BCUT2D eigenvalue weighted by Gasteiger charge is 2.17. The van der Waals surface area contributed by atoms with Gasteiger partial charge in [-0.1, -0.05) is 44.0 Å². The molecule has 2 heterocycles. The maximum atomic E-state index is 8.91. The molecule has 1 aromatic carbocycles. The Hall–Kier alpha value is -2.11. The first-order chi connectivity index (χ1) is 14.5. The molecule has 1 aromatic heterocycles. The van der Waals surface area contributed by atoms with Crippen LogP contribution in [-0.4, -0.2) is 40.2 Å². The summed E-state index contributed by atoms with van der Waals surface area (Å²) in [6.45, 7) is 10.7. The molecule has 1 saturated heterocycles. The smallest absolute Gasteiger partial charge is 0.0918 e. The number of nitrogens with zero attached hydrogens (tertiary/aromatic N) is 1. The van der Waals surface area contributed by atoms with E-state index in [1.54, 1.807) is 0 Å². The Morgan fingerprint density at radius 1 is 1.20 bits per heavy atom. The van der Waals surface area contributed by atoms with Crippen molar-refractivity contribution in [3.05, 3.63) is 60.2 Å². The van der Waals surface area contributed by atoms with Crippen LogP contribution in [0.2, 0.25) is 5.02 Å². The number of benzene rings is 1. The zero-order valence-corrected chi connectivity index (χ0v) is 18.6. The first-order valence-corrected chi connectivity index (χ1v) is 11.4. The second kappa shape index (κ2) is 11.3. The molecule has 1 unspecified atom stereocenters. The molecule has 4 N–H and O–H groups in total. The Morgan fingerprint density at radius 3 is 2.70 bits per heavy atom. The van der Waals surface area contributed by atoms with Crippen molar-refractivity contribution >= 4 is 22.5 Å². The van der Waals surface area contributed by atoms with Gasteiger partial charge < -0.3 is 25.6 Å². The highest BCUT2D eigenvalue weighted by Crippen LogP contribution is 2.20. The van der Waals surface area contributed by atoms with Gasteiger partial charge in [0.1, 0.15) is 0 Å². The number of rotatable bonds is 6. The van der Waals surface area contributed by atoms with Crippen molar-refractivity contribution in [3.63, 3.8) is 0 Å². The van der Waals surface area contributed by atoms with E-state index in [1.807, 2.05) is 24.4 Å². The lowest BCUT2D eigenvalue weighted by Gasteiger charge is -2.33. The topological polar surface area (TPSA) is 63.3 Å². The van der Waals surface area contributed by atoms with Crippen LogP contribution in [0.15, 0.2) is 49.4 Å². The molecule has 4 rings (SSSR count). The first kappa shape index (κ1) is 22.6. The zero-order valence-electron chi connectivity index (χ0n) is 17.8. The third-order valence-corrected chi connectivity index (χ3v) is 6.03. The van der Waals surface area contributed by atoms with Crippen LogP contribution in [0.1, 0.15) is 50.6 Å². The van der Waals surface area contributed by atoms with E-state index in [-0.39, 0.29) is 6.10 Å². The standard InChI is InChI=1S/C18H23ClN4.C6H12O/c1-3-23-8-4-5-16(12-23)21-13(2)20-11-17-10-14-9-15(19)6-7-18(14)22-17;7-6-4-2-1-3-5-6/h3,6-7,9-10,16,20-22H,1-2,4-5,8,11-12H2;6-7H,1-5H2. The molecule has 0 spiro atoms. The van der Waals surface area contributed by atoms with E-state index in [1.165, 1.54) is 25.7 Å². The number of H-pyrrole nitrogens is 1. The maximum Gasteiger partial charge on any atom is 0.0918 e. The molecule has 164 valence electrons. The number of halogens is 1. The Bertz CT molecular complexity index is 828. The van der Waals surface area contributed by atoms with Gasteiger partial charge >= 0.3 is 0 Å². The number of nitrogens with one attached hydrogen (secondary N) is 3. The van der Waals surface area contributed by atoms with Gasteiger partial charge in [0.05, 0.1) is 18.5 Å². The number of hydrogen-bond donors (Lipinski definition) is 4. The molecule has 0 radical (unpaired) electrons. The average Bonchev–Trinajstić information content (AvgIpc) is 3.15. The fourth-order valence-electron chi connectivity index (χ4n) is 4.13. The van der Waals surface area contributed by atoms with Crippen molar-refractivity contribution in [1.82, 2.24) is 20.5 Å². The quantitative estimate of drug-likeness (QED) is 0.526. The van der Waals surface area contributed by atoms with Gasteiger partial charge in [-0.25, -0.2) is 0 Å². The normalized spacial score (nSPS) is 19.7. The van der Waals surface area contributed by atoms with E-state index in [0.717, 1.165) is 59.8 Å². The third kappa shape index (κ3) is 6.99. The van der Waals surface area contributed by atoms with Crippen LogP contribution in [-0.2, 0) is 6.54 Å². The second-order valence-electron chi connectivity index (χ2n) is 8.31. The van der Waals surface area contributed by atoms with Crippen LogP contribution in [0.4, 0.5) is 0 Å². The van der Waals surface area contributed by atoms with Crippen LogP contribution < -0.4 is 10.6 Å². The average molecular weight is 431 g/mol.